The van der Waals surface area contributed by atoms with Crippen molar-refractivity contribution in [2.45, 2.75) is 32.1 Å². The predicted molar refractivity (Wildman–Crippen MR) is 108 cm³/mol. The van der Waals surface area contributed by atoms with Crippen LogP contribution in [0.5, 0.6) is 0 Å². The number of aromatic nitrogens is 4. The molecule has 27 heavy (non-hydrogen) atoms. The molecule has 0 spiro atoms. The molecule has 3 aromatic rings. The summed E-state index contributed by atoms with van der Waals surface area (Å²) in [5.74, 6) is 1.62. The van der Waals surface area contributed by atoms with Crippen molar-refractivity contribution in [2.24, 2.45) is 7.05 Å². The van der Waals surface area contributed by atoms with Gasteiger partial charge in [0.15, 0.2) is 5.82 Å². The Hall–Kier alpha value is -2.38. The number of aryl methyl sites for hydroxylation is 2. The molecular formula is C19H25ClN6O. The van der Waals surface area contributed by atoms with Gasteiger partial charge in [0.05, 0.1) is 6.42 Å². The summed E-state index contributed by atoms with van der Waals surface area (Å²) in [6.07, 6.45) is 4.28. The molecule has 0 bridgehead atoms. The minimum absolute atomic E-state index is 0. The molecule has 8 heteroatoms. The Bertz CT molecular complexity index is 941. The minimum atomic E-state index is -0.0835. The topological polar surface area (TPSA) is 87.6 Å². The van der Waals surface area contributed by atoms with Crippen LogP contribution < -0.4 is 10.6 Å². The molecule has 7 nitrogen and oxygen atoms in total. The van der Waals surface area contributed by atoms with Crippen molar-refractivity contribution in [2.75, 3.05) is 18.4 Å². The van der Waals surface area contributed by atoms with Gasteiger partial charge in [-0.3, -0.25) is 10.1 Å². The van der Waals surface area contributed by atoms with Gasteiger partial charge in [-0.25, -0.2) is 4.68 Å². The fourth-order valence-electron chi connectivity index (χ4n) is 3.62. The minimum Gasteiger partial charge on any atom is -0.361 e. The summed E-state index contributed by atoms with van der Waals surface area (Å²) in [7, 11) is 1.82. The average molecular weight is 389 g/mol. The van der Waals surface area contributed by atoms with E-state index in [1.54, 1.807) is 4.68 Å². The van der Waals surface area contributed by atoms with Crippen molar-refractivity contribution < 1.29 is 4.79 Å². The Morgan fingerprint density at radius 3 is 2.89 bits per heavy atom. The number of amides is 1. The molecule has 0 atom stereocenters. The van der Waals surface area contributed by atoms with Gasteiger partial charge < -0.3 is 10.3 Å². The first-order valence-corrected chi connectivity index (χ1v) is 9.09. The molecule has 1 aliphatic rings. The van der Waals surface area contributed by atoms with Crippen LogP contribution in [0.25, 0.3) is 10.9 Å². The fraction of sp³-hybridized carbons (Fsp3) is 0.421. The molecule has 0 aliphatic carbocycles. The van der Waals surface area contributed by atoms with Crippen molar-refractivity contribution in [1.29, 1.82) is 0 Å². The summed E-state index contributed by atoms with van der Waals surface area (Å²) >= 11 is 0. The number of para-hydroxylation sites is 1. The Balaban J connectivity index is 0.00000210. The molecule has 144 valence electrons. The lowest BCUT2D eigenvalue weighted by Crippen LogP contribution is -2.27. The molecule has 1 fully saturated rings. The van der Waals surface area contributed by atoms with Gasteiger partial charge in [-0.15, -0.1) is 12.4 Å². The van der Waals surface area contributed by atoms with E-state index in [1.165, 1.54) is 5.56 Å². The van der Waals surface area contributed by atoms with Gasteiger partial charge in [-0.05, 0) is 44.0 Å². The maximum absolute atomic E-state index is 12.5. The van der Waals surface area contributed by atoms with Gasteiger partial charge >= 0.3 is 0 Å². The van der Waals surface area contributed by atoms with E-state index in [4.69, 9.17) is 0 Å². The molecule has 3 heterocycles. The molecule has 2 aromatic heterocycles. The monoisotopic (exact) mass is 388 g/mol. The Morgan fingerprint density at radius 2 is 2.11 bits per heavy atom. The van der Waals surface area contributed by atoms with Gasteiger partial charge in [0.25, 0.3) is 0 Å². The van der Waals surface area contributed by atoms with Crippen LogP contribution >= 0.6 is 12.4 Å². The molecule has 1 amide bonds. The van der Waals surface area contributed by atoms with Crippen molar-refractivity contribution >= 4 is 35.2 Å². The first kappa shape index (κ1) is 19.4. The Morgan fingerprint density at radius 1 is 1.33 bits per heavy atom. The first-order valence-electron chi connectivity index (χ1n) is 9.09. The third-order valence-corrected chi connectivity index (χ3v) is 5.10. The zero-order valence-electron chi connectivity index (χ0n) is 15.6. The number of nitrogens with zero attached hydrogens (tertiary/aromatic N) is 3. The third kappa shape index (κ3) is 3.99. The SMILES string of the molecule is Cc1cccc2c(CC(=O)Nc3nc(C4CCNCC4)nn3C)c[nH]c12.Cl. The second-order valence-electron chi connectivity index (χ2n) is 6.98. The van der Waals surface area contributed by atoms with E-state index in [0.717, 1.165) is 48.2 Å². The summed E-state index contributed by atoms with van der Waals surface area (Å²) in [4.78, 5) is 20.4. The number of halogens is 1. The Labute approximate surface area is 164 Å². The van der Waals surface area contributed by atoms with Crippen molar-refractivity contribution in [1.82, 2.24) is 25.1 Å². The number of benzene rings is 1. The molecule has 0 saturated carbocycles. The normalized spacial score (nSPS) is 14.9. The number of rotatable bonds is 4. The number of H-pyrrole nitrogens is 1. The Kier molecular flexibility index (Phi) is 5.82. The molecule has 1 aliphatic heterocycles. The van der Waals surface area contributed by atoms with E-state index in [9.17, 15) is 4.79 Å². The number of piperidine rings is 1. The summed E-state index contributed by atoms with van der Waals surface area (Å²) in [6, 6.07) is 6.12. The van der Waals surface area contributed by atoms with E-state index >= 15 is 0 Å². The lowest BCUT2D eigenvalue weighted by molar-refractivity contribution is -0.115. The summed E-state index contributed by atoms with van der Waals surface area (Å²) < 4.78 is 1.66. The van der Waals surface area contributed by atoms with E-state index in [2.05, 4.69) is 38.7 Å². The van der Waals surface area contributed by atoms with Crippen molar-refractivity contribution in [3.05, 3.63) is 41.3 Å². The number of carbonyl (C=O) groups excluding carboxylic acids is 1. The maximum atomic E-state index is 12.5. The summed E-state index contributed by atoms with van der Waals surface area (Å²) in [6.45, 7) is 4.04. The summed E-state index contributed by atoms with van der Waals surface area (Å²) in [5, 5.41) is 11.8. The number of hydrogen-bond donors (Lipinski definition) is 3. The van der Waals surface area contributed by atoms with Crippen LogP contribution in [0.3, 0.4) is 0 Å². The van der Waals surface area contributed by atoms with Gasteiger partial charge in [-0.1, -0.05) is 18.2 Å². The highest BCUT2D eigenvalue weighted by Crippen LogP contribution is 2.24. The second-order valence-corrected chi connectivity index (χ2v) is 6.98. The highest BCUT2D eigenvalue weighted by atomic mass is 35.5. The highest BCUT2D eigenvalue weighted by molar-refractivity contribution is 5.95. The van der Waals surface area contributed by atoms with E-state index < -0.39 is 0 Å². The average Bonchev–Trinajstić information content (AvgIpc) is 3.21. The molecule has 3 N–H and O–H groups in total. The standard InChI is InChI=1S/C19H24N6O.ClH/c1-12-4-3-5-15-14(11-21-17(12)15)10-16(26)22-19-23-18(24-25(19)2)13-6-8-20-9-7-13;/h3-5,11,13,20-21H,6-10H2,1-2H3,(H,22,23,24,26);1H. The zero-order chi connectivity index (χ0) is 18.1. The number of hydrogen-bond acceptors (Lipinski definition) is 4. The van der Waals surface area contributed by atoms with E-state index in [1.807, 2.05) is 25.4 Å². The van der Waals surface area contributed by atoms with Crippen LogP contribution in [0, 0.1) is 6.92 Å². The van der Waals surface area contributed by atoms with Crippen LogP contribution in [0.2, 0.25) is 0 Å². The largest absolute Gasteiger partial charge is 0.361 e. The first-order chi connectivity index (χ1) is 12.6. The van der Waals surface area contributed by atoms with E-state index in [0.29, 0.717) is 18.3 Å². The van der Waals surface area contributed by atoms with Gasteiger partial charge in [0, 0.05) is 30.1 Å². The number of aromatic amines is 1. The van der Waals surface area contributed by atoms with Gasteiger partial charge in [0.2, 0.25) is 11.9 Å². The lowest BCUT2D eigenvalue weighted by Gasteiger charge is -2.19. The molecule has 1 saturated heterocycles. The van der Waals surface area contributed by atoms with Crippen LogP contribution in [-0.2, 0) is 18.3 Å². The van der Waals surface area contributed by atoms with Crippen LogP contribution in [-0.4, -0.2) is 38.7 Å². The smallest absolute Gasteiger partial charge is 0.231 e. The molecule has 0 unspecified atom stereocenters. The number of fused-ring (bicyclic) bond motifs is 1. The second kappa shape index (κ2) is 8.10. The molecule has 1 aromatic carbocycles. The maximum Gasteiger partial charge on any atom is 0.231 e. The number of carbonyl (C=O) groups is 1. The van der Waals surface area contributed by atoms with Crippen molar-refractivity contribution in [3.8, 4) is 0 Å². The molecular weight excluding hydrogens is 364 g/mol. The van der Waals surface area contributed by atoms with E-state index in [-0.39, 0.29) is 18.3 Å². The molecule has 0 radical (unpaired) electrons. The van der Waals surface area contributed by atoms with Crippen LogP contribution in [0.4, 0.5) is 5.95 Å². The zero-order valence-corrected chi connectivity index (χ0v) is 16.4. The quantitative estimate of drug-likeness (QED) is 0.641. The lowest BCUT2D eigenvalue weighted by atomic mass is 9.98. The van der Waals surface area contributed by atoms with Crippen LogP contribution in [0.1, 0.15) is 35.7 Å². The van der Waals surface area contributed by atoms with Crippen molar-refractivity contribution in [3.63, 3.8) is 0 Å². The summed E-state index contributed by atoms with van der Waals surface area (Å²) in [5.41, 5.74) is 3.25. The number of nitrogens with one attached hydrogen (secondary N) is 3. The third-order valence-electron chi connectivity index (χ3n) is 5.10. The van der Waals surface area contributed by atoms with Crippen LogP contribution in [0.15, 0.2) is 24.4 Å². The highest BCUT2D eigenvalue weighted by Gasteiger charge is 2.21. The van der Waals surface area contributed by atoms with Gasteiger partial charge in [0.1, 0.15) is 0 Å². The predicted octanol–water partition coefficient (Wildman–Crippen LogP) is 2.67. The van der Waals surface area contributed by atoms with Gasteiger partial charge in [-0.2, -0.15) is 10.1 Å². The fourth-order valence-corrected chi connectivity index (χ4v) is 3.62. The number of anilines is 1. The molecule has 4 rings (SSSR count).